The van der Waals surface area contributed by atoms with E-state index < -0.39 is 0 Å². The van der Waals surface area contributed by atoms with Crippen molar-refractivity contribution in [2.24, 2.45) is 0 Å². The Balaban J connectivity index is 1.64. The highest BCUT2D eigenvalue weighted by Gasteiger charge is 2.38. The van der Waals surface area contributed by atoms with Gasteiger partial charge in [0, 0.05) is 17.5 Å². The van der Waals surface area contributed by atoms with Crippen LogP contribution >= 0.6 is 11.3 Å². The van der Waals surface area contributed by atoms with E-state index in [1.807, 2.05) is 0 Å². The molecule has 3 heterocycles. The maximum absolute atomic E-state index is 12.5. The number of rotatable bonds is 2. The minimum Gasteiger partial charge on any atom is -0.305 e. The van der Waals surface area contributed by atoms with Gasteiger partial charge >= 0.3 is 0 Å². The van der Waals surface area contributed by atoms with Crippen molar-refractivity contribution < 1.29 is 9.59 Å². The van der Waals surface area contributed by atoms with Crippen molar-refractivity contribution in [1.82, 2.24) is 10.2 Å². The fourth-order valence-corrected chi connectivity index (χ4v) is 4.34. The minimum atomic E-state index is -0.182. The van der Waals surface area contributed by atoms with Crippen LogP contribution in [0.1, 0.15) is 44.1 Å². The Kier molecular flexibility index (Phi) is 3.13. The van der Waals surface area contributed by atoms with Crippen LogP contribution in [0.3, 0.4) is 0 Å². The summed E-state index contributed by atoms with van der Waals surface area (Å²) in [5.74, 6) is -0.363. The lowest BCUT2D eigenvalue weighted by Gasteiger charge is -2.31. The van der Waals surface area contributed by atoms with Gasteiger partial charge in [0.25, 0.3) is 11.8 Å². The molecule has 0 radical (unpaired) electrons. The smallest absolute Gasteiger partial charge is 0.261 e. The van der Waals surface area contributed by atoms with Gasteiger partial charge in [-0.15, -0.1) is 11.3 Å². The molecular weight excluding hydrogens is 296 g/mol. The summed E-state index contributed by atoms with van der Waals surface area (Å²) in [5.41, 5.74) is 2.36. The van der Waals surface area contributed by atoms with Gasteiger partial charge in [-0.2, -0.15) is 0 Å². The molecule has 4 nitrogen and oxygen atoms in total. The highest BCUT2D eigenvalue weighted by Crippen LogP contribution is 2.32. The van der Waals surface area contributed by atoms with E-state index in [-0.39, 0.29) is 17.9 Å². The molecule has 2 atom stereocenters. The van der Waals surface area contributed by atoms with Crippen LogP contribution < -0.4 is 5.32 Å². The first-order valence-electron chi connectivity index (χ1n) is 7.42. The van der Waals surface area contributed by atoms with Gasteiger partial charge in [-0.1, -0.05) is 12.1 Å². The van der Waals surface area contributed by atoms with Crippen molar-refractivity contribution in [3.8, 4) is 0 Å². The van der Waals surface area contributed by atoms with E-state index in [0.717, 1.165) is 6.42 Å². The molecule has 112 valence electrons. The Bertz CT molecular complexity index is 733. The summed E-state index contributed by atoms with van der Waals surface area (Å²) in [7, 11) is 0. The molecule has 0 saturated carbocycles. The summed E-state index contributed by atoms with van der Waals surface area (Å²) in [4.78, 5) is 27.6. The lowest BCUT2D eigenvalue weighted by molar-refractivity contribution is 0.0634. The van der Waals surface area contributed by atoms with Crippen molar-refractivity contribution >= 4 is 23.2 Å². The molecule has 2 amide bonds. The summed E-state index contributed by atoms with van der Waals surface area (Å²) in [6, 6.07) is 9.57. The first-order chi connectivity index (χ1) is 10.6. The monoisotopic (exact) mass is 312 g/mol. The molecule has 1 aromatic heterocycles. The topological polar surface area (TPSA) is 49.4 Å². The van der Waals surface area contributed by atoms with Gasteiger partial charge in [0.1, 0.15) is 0 Å². The van der Waals surface area contributed by atoms with Crippen molar-refractivity contribution in [2.45, 2.75) is 25.4 Å². The number of carbonyl (C=O) groups is 2. The number of nitrogens with zero attached hydrogens (tertiary/aromatic N) is 1. The van der Waals surface area contributed by atoms with E-state index in [2.05, 4.69) is 23.7 Å². The molecule has 2 aromatic rings. The maximum atomic E-state index is 12.5. The zero-order chi connectivity index (χ0) is 15.3. The number of thiophene rings is 1. The van der Waals surface area contributed by atoms with Gasteiger partial charge in [0.2, 0.25) is 0 Å². The summed E-state index contributed by atoms with van der Waals surface area (Å²) >= 11 is 1.69. The largest absolute Gasteiger partial charge is 0.305 e. The SMILES string of the molecule is CC1Cc2ccsc2C(CN2C(=O)c3ccccc3C2=O)N1. The average molecular weight is 312 g/mol. The predicted molar refractivity (Wildman–Crippen MR) is 85.2 cm³/mol. The van der Waals surface area contributed by atoms with Crippen molar-refractivity contribution in [3.63, 3.8) is 0 Å². The average Bonchev–Trinajstić information content (AvgIpc) is 3.07. The first kappa shape index (κ1) is 13.7. The fourth-order valence-electron chi connectivity index (χ4n) is 3.35. The predicted octanol–water partition coefficient (Wildman–Crippen LogP) is 2.62. The van der Waals surface area contributed by atoms with Crippen LogP contribution in [0.2, 0.25) is 0 Å². The summed E-state index contributed by atoms with van der Waals surface area (Å²) < 4.78 is 0. The van der Waals surface area contributed by atoms with Crippen LogP contribution in [-0.4, -0.2) is 29.3 Å². The van der Waals surface area contributed by atoms with E-state index in [1.54, 1.807) is 35.6 Å². The summed E-state index contributed by atoms with van der Waals surface area (Å²) in [6.45, 7) is 2.53. The van der Waals surface area contributed by atoms with Gasteiger partial charge < -0.3 is 5.32 Å². The van der Waals surface area contributed by atoms with E-state index in [1.165, 1.54) is 15.3 Å². The van der Waals surface area contributed by atoms with Crippen molar-refractivity contribution in [1.29, 1.82) is 0 Å². The van der Waals surface area contributed by atoms with Crippen molar-refractivity contribution in [3.05, 3.63) is 57.3 Å². The van der Waals surface area contributed by atoms with E-state index in [4.69, 9.17) is 0 Å². The highest BCUT2D eigenvalue weighted by molar-refractivity contribution is 7.10. The maximum Gasteiger partial charge on any atom is 0.261 e. The van der Waals surface area contributed by atoms with E-state index in [0.29, 0.717) is 23.7 Å². The molecule has 4 rings (SSSR count). The molecule has 2 aliphatic heterocycles. The molecule has 1 aromatic carbocycles. The second-order valence-corrected chi connectivity index (χ2v) is 6.85. The quantitative estimate of drug-likeness (QED) is 0.867. The molecular formula is C17H16N2O2S. The molecule has 0 bridgehead atoms. The Morgan fingerprint density at radius 3 is 2.55 bits per heavy atom. The van der Waals surface area contributed by atoms with Crippen molar-refractivity contribution in [2.75, 3.05) is 6.54 Å². The van der Waals surface area contributed by atoms with Gasteiger partial charge in [-0.25, -0.2) is 0 Å². The number of imide groups is 1. The lowest BCUT2D eigenvalue weighted by atomic mass is 9.98. The third-order valence-electron chi connectivity index (χ3n) is 4.35. The zero-order valence-corrected chi connectivity index (χ0v) is 13.0. The normalized spacial score (nSPS) is 23.6. The van der Waals surface area contributed by atoms with Gasteiger partial charge in [0.15, 0.2) is 0 Å². The molecule has 2 aliphatic rings. The number of amides is 2. The molecule has 1 N–H and O–H groups in total. The second-order valence-electron chi connectivity index (χ2n) is 5.90. The number of hydrogen-bond acceptors (Lipinski definition) is 4. The molecule has 0 fully saturated rings. The number of benzene rings is 1. The molecule has 0 spiro atoms. The Hall–Kier alpha value is -1.98. The standard InChI is InChI=1S/C17H16N2O2S/c1-10-8-11-6-7-22-15(11)14(18-10)9-19-16(20)12-4-2-3-5-13(12)17(19)21/h2-7,10,14,18H,8-9H2,1H3. The van der Waals surface area contributed by atoms with E-state index in [9.17, 15) is 9.59 Å². The van der Waals surface area contributed by atoms with Crippen LogP contribution in [0.25, 0.3) is 0 Å². The summed E-state index contributed by atoms with van der Waals surface area (Å²) in [5, 5.41) is 5.60. The lowest BCUT2D eigenvalue weighted by Crippen LogP contribution is -2.44. The number of fused-ring (bicyclic) bond motifs is 2. The number of hydrogen-bond donors (Lipinski definition) is 1. The first-order valence-corrected chi connectivity index (χ1v) is 8.30. The van der Waals surface area contributed by atoms with Gasteiger partial charge in [0.05, 0.1) is 17.2 Å². The van der Waals surface area contributed by atoms with Crippen LogP contribution in [0, 0.1) is 0 Å². The molecule has 0 aliphatic carbocycles. The Labute approximate surface area is 132 Å². The van der Waals surface area contributed by atoms with Crippen LogP contribution in [-0.2, 0) is 6.42 Å². The van der Waals surface area contributed by atoms with Crippen LogP contribution in [0.15, 0.2) is 35.7 Å². The molecule has 22 heavy (non-hydrogen) atoms. The zero-order valence-electron chi connectivity index (χ0n) is 12.2. The highest BCUT2D eigenvalue weighted by atomic mass is 32.1. The van der Waals surface area contributed by atoms with Crippen LogP contribution in [0.5, 0.6) is 0 Å². The molecule has 0 saturated heterocycles. The Morgan fingerprint density at radius 1 is 1.18 bits per heavy atom. The number of carbonyl (C=O) groups excluding carboxylic acids is 2. The molecule has 5 heteroatoms. The summed E-state index contributed by atoms with van der Waals surface area (Å²) in [6.07, 6.45) is 0.997. The third kappa shape index (κ3) is 2.01. The van der Waals surface area contributed by atoms with E-state index >= 15 is 0 Å². The minimum absolute atomic E-state index is 0.0287. The van der Waals surface area contributed by atoms with Crippen LogP contribution in [0.4, 0.5) is 0 Å². The second kappa shape index (κ2) is 5.04. The number of nitrogens with one attached hydrogen (secondary N) is 1. The van der Waals surface area contributed by atoms with Gasteiger partial charge in [-0.3, -0.25) is 14.5 Å². The Morgan fingerprint density at radius 2 is 1.86 bits per heavy atom. The fraction of sp³-hybridized carbons (Fsp3) is 0.294. The third-order valence-corrected chi connectivity index (χ3v) is 5.43. The molecule has 2 unspecified atom stereocenters. The van der Waals surface area contributed by atoms with Gasteiger partial charge in [-0.05, 0) is 42.5 Å².